The number of rotatable bonds is 8. The molecule has 4 aromatic carbocycles. The van der Waals surface area contributed by atoms with Crippen molar-refractivity contribution in [2.24, 2.45) is 4.99 Å². The zero-order valence-electron chi connectivity index (χ0n) is 25.4. The van der Waals surface area contributed by atoms with Gasteiger partial charge in [-0.15, -0.1) is 0 Å². The Bertz CT molecular complexity index is 2260. The molecule has 46 heavy (non-hydrogen) atoms. The number of carbonyl (C=O) groups excluding carboxylic acids is 1. The van der Waals surface area contributed by atoms with E-state index < -0.39 is 12.0 Å². The normalized spacial score (nSPS) is 14.7. The number of hydrogen-bond acceptors (Lipinski definition) is 6. The van der Waals surface area contributed by atoms with Crippen LogP contribution in [0.5, 0.6) is 5.75 Å². The van der Waals surface area contributed by atoms with Gasteiger partial charge in [-0.1, -0.05) is 102 Å². The van der Waals surface area contributed by atoms with E-state index in [9.17, 15) is 9.59 Å². The molecule has 1 atom stereocenters. The van der Waals surface area contributed by atoms with E-state index in [1.165, 1.54) is 16.9 Å². The van der Waals surface area contributed by atoms with Crippen LogP contribution in [-0.2, 0) is 16.1 Å². The van der Waals surface area contributed by atoms with Crippen molar-refractivity contribution in [2.75, 3.05) is 13.7 Å². The van der Waals surface area contributed by atoms with E-state index in [1.807, 2.05) is 91.0 Å². The van der Waals surface area contributed by atoms with Crippen molar-refractivity contribution >= 4 is 40.0 Å². The van der Waals surface area contributed by atoms with Crippen LogP contribution in [0.25, 0.3) is 22.7 Å². The molecule has 228 valence electrons. The van der Waals surface area contributed by atoms with Gasteiger partial charge in [-0.25, -0.2) is 9.79 Å². The number of fused-ring (bicyclic) bond motifs is 2. The lowest BCUT2D eigenvalue weighted by atomic mass is 9.93. The molecule has 0 saturated heterocycles. The van der Waals surface area contributed by atoms with Crippen LogP contribution < -0.4 is 19.6 Å². The summed E-state index contributed by atoms with van der Waals surface area (Å²) in [5, 5.41) is 1.05. The third kappa shape index (κ3) is 5.37. The van der Waals surface area contributed by atoms with Crippen LogP contribution in [0.1, 0.15) is 35.2 Å². The monoisotopic (exact) mass is 625 g/mol. The van der Waals surface area contributed by atoms with Crippen LogP contribution in [0.15, 0.2) is 131 Å². The van der Waals surface area contributed by atoms with E-state index in [0.29, 0.717) is 32.9 Å². The molecule has 7 nitrogen and oxygen atoms in total. The van der Waals surface area contributed by atoms with Gasteiger partial charge in [-0.3, -0.25) is 9.36 Å². The summed E-state index contributed by atoms with van der Waals surface area (Å²) in [5.41, 5.74) is 5.31. The first kappa shape index (κ1) is 29.3. The minimum Gasteiger partial charge on any atom is -0.497 e. The maximum absolute atomic E-state index is 14.4. The Morgan fingerprint density at radius 2 is 1.61 bits per heavy atom. The fraction of sp³-hybridized carbons (Fsp3) is 0.132. The second-order valence-corrected chi connectivity index (χ2v) is 11.9. The molecule has 3 heterocycles. The van der Waals surface area contributed by atoms with E-state index >= 15 is 0 Å². The highest BCUT2D eigenvalue weighted by Gasteiger charge is 2.35. The Labute approximate surface area is 269 Å². The summed E-state index contributed by atoms with van der Waals surface area (Å²) in [6, 6.07) is 34.7. The Kier molecular flexibility index (Phi) is 7.95. The van der Waals surface area contributed by atoms with E-state index in [1.54, 1.807) is 18.6 Å². The SMILES string of the molecule is CCOC(=O)C1=C(c2ccccc2)N=c2s/c(=C\c3cn(Cc4ccccc4)c4ccccc34)c(=O)n2[C@H]1c1ccc(OC)cc1. The summed E-state index contributed by atoms with van der Waals surface area (Å²) in [4.78, 5) is 33.6. The van der Waals surface area contributed by atoms with Crippen molar-refractivity contribution in [3.8, 4) is 5.75 Å². The highest BCUT2D eigenvalue weighted by Crippen LogP contribution is 2.35. The van der Waals surface area contributed by atoms with Crippen LogP contribution >= 0.6 is 11.3 Å². The quantitative estimate of drug-likeness (QED) is 0.196. The first-order chi connectivity index (χ1) is 22.6. The predicted molar refractivity (Wildman–Crippen MR) is 182 cm³/mol. The molecule has 0 aliphatic carbocycles. The number of ether oxygens (including phenoxy) is 2. The number of carbonyl (C=O) groups is 1. The summed E-state index contributed by atoms with van der Waals surface area (Å²) in [5.74, 6) is 0.164. The maximum Gasteiger partial charge on any atom is 0.338 e. The van der Waals surface area contributed by atoms with Crippen LogP contribution in [-0.4, -0.2) is 28.8 Å². The van der Waals surface area contributed by atoms with Crippen LogP contribution in [0.3, 0.4) is 0 Å². The molecule has 1 aliphatic heterocycles. The number of thiazole rings is 1. The average molecular weight is 626 g/mol. The summed E-state index contributed by atoms with van der Waals surface area (Å²) in [6.45, 7) is 2.67. The molecule has 0 saturated carbocycles. The molecule has 8 heteroatoms. The second-order valence-electron chi connectivity index (χ2n) is 10.9. The third-order valence-electron chi connectivity index (χ3n) is 8.11. The van der Waals surface area contributed by atoms with Gasteiger partial charge in [0.2, 0.25) is 0 Å². The lowest BCUT2D eigenvalue weighted by Gasteiger charge is -2.26. The Hall–Kier alpha value is -5.47. The molecule has 0 unspecified atom stereocenters. The van der Waals surface area contributed by atoms with Gasteiger partial charge in [0.25, 0.3) is 5.56 Å². The number of nitrogens with zero attached hydrogens (tertiary/aromatic N) is 3. The lowest BCUT2D eigenvalue weighted by Crippen LogP contribution is -2.40. The molecule has 0 spiro atoms. The zero-order chi connectivity index (χ0) is 31.6. The van der Waals surface area contributed by atoms with Crippen molar-refractivity contribution in [1.29, 1.82) is 0 Å². The number of aromatic nitrogens is 2. The maximum atomic E-state index is 14.4. The minimum absolute atomic E-state index is 0.192. The summed E-state index contributed by atoms with van der Waals surface area (Å²) >= 11 is 1.32. The van der Waals surface area contributed by atoms with Crippen LogP contribution in [0.4, 0.5) is 0 Å². The molecule has 7 rings (SSSR count). The number of methoxy groups -OCH3 is 1. The van der Waals surface area contributed by atoms with Crippen molar-refractivity contribution in [2.45, 2.75) is 19.5 Å². The largest absolute Gasteiger partial charge is 0.497 e. The summed E-state index contributed by atoms with van der Waals surface area (Å²) in [7, 11) is 1.60. The first-order valence-electron chi connectivity index (χ1n) is 15.1. The molecule has 0 radical (unpaired) electrons. The molecular formula is C38H31N3O4S. The number of esters is 1. The first-order valence-corrected chi connectivity index (χ1v) is 15.9. The number of para-hydroxylation sites is 1. The predicted octanol–water partition coefficient (Wildman–Crippen LogP) is 5.95. The zero-order valence-corrected chi connectivity index (χ0v) is 26.2. The standard InChI is InChI=1S/C38H31N3O4S/c1-3-45-37(43)33-34(26-14-8-5-9-15-26)39-38-41(35(33)27-18-20-29(44-2)21-19-27)36(42)32(46-38)22-28-24-40(23-25-12-6-4-7-13-25)31-17-11-10-16-30(28)31/h4-22,24,35H,3,23H2,1-2H3/b32-22-/t35-/m0/s1. The smallest absolute Gasteiger partial charge is 0.338 e. The topological polar surface area (TPSA) is 74.8 Å². The van der Waals surface area contributed by atoms with Gasteiger partial charge >= 0.3 is 5.97 Å². The highest BCUT2D eigenvalue weighted by molar-refractivity contribution is 7.07. The molecule has 0 N–H and O–H groups in total. The molecule has 0 fully saturated rings. The molecule has 2 aromatic heterocycles. The Balaban J connectivity index is 1.45. The van der Waals surface area contributed by atoms with E-state index in [-0.39, 0.29) is 12.2 Å². The second kappa shape index (κ2) is 12.5. The van der Waals surface area contributed by atoms with Crippen LogP contribution in [0.2, 0.25) is 0 Å². The van der Waals surface area contributed by atoms with Gasteiger partial charge in [-0.2, -0.15) is 0 Å². The Morgan fingerprint density at radius 3 is 2.33 bits per heavy atom. The van der Waals surface area contributed by atoms with Crippen molar-refractivity contribution < 1.29 is 14.3 Å². The van der Waals surface area contributed by atoms with E-state index in [4.69, 9.17) is 14.5 Å². The fourth-order valence-electron chi connectivity index (χ4n) is 5.98. The van der Waals surface area contributed by atoms with Gasteiger partial charge in [0.15, 0.2) is 4.80 Å². The van der Waals surface area contributed by atoms with Gasteiger partial charge < -0.3 is 14.0 Å². The molecule has 0 amide bonds. The van der Waals surface area contributed by atoms with Gasteiger partial charge in [0.05, 0.1) is 35.6 Å². The summed E-state index contributed by atoms with van der Waals surface area (Å²) < 4.78 is 15.3. The van der Waals surface area contributed by atoms with Gasteiger partial charge in [-0.05, 0) is 42.3 Å². The molecule has 6 aromatic rings. The summed E-state index contributed by atoms with van der Waals surface area (Å²) in [6.07, 6.45) is 4.03. The molecule has 0 bridgehead atoms. The van der Waals surface area contributed by atoms with Crippen molar-refractivity contribution in [3.63, 3.8) is 0 Å². The lowest BCUT2D eigenvalue weighted by molar-refractivity contribution is -0.138. The number of hydrogen-bond donors (Lipinski definition) is 0. The van der Waals surface area contributed by atoms with E-state index in [2.05, 4.69) is 35.0 Å². The van der Waals surface area contributed by atoms with Gasteiger partial charge in [0, 0.05) is 34.8 Å². The van der Waals surface area contributed by atoms with E-state index in [0.717, 1.165) is 27.6 Å². The Morgan fingerprint density at radius 1 is 0.913 bits per heavy atom. The minimum atomic E-state index is -0.752. The fourth-order valence-corrected chi connectivity index (χ4v) is 6.98. The van der Waals surface area contributed by atoms with Gasteiger partial charge in [0.1, 0.15) is 5.75 Å². The molecular weight excluding hydrogens is 595 g/mol. The average Bonchev–Trinajstić information content (AvgIpc) is 3.60. The van der Waals surface area contributed by atoms with Crippen molar-refractivity contribution in [1.82, 2.24) is 9.13 Å². The van der Waals surface area contributed by atoms with Crippen molar-refractivity contribution in [3.05, 3.63) is 163 Å². The number of benzene rings is 4. The van der Waals surface area contributed by atoms with Crippen LogP contribution in [0, 0.1) is 0 Å². The highest BCUT2D eigenvalue weighted by atomic mass is 32.1. The third-order valence-corrected chi connectivity index (χ3v) is 9.09. The molecule has 1 aliphatic rings.